The van der Waals surface area contributed by atoms with Crippen molar-refractivity contribution in [2.45, 2.75) is 19.4 Å². The van der Waals surface area contributed by atoms with Crippen LogP contribution in [0.25, 0.3) is 0 Å². The Morgan fingerprint density at radius 3 is 2.68 bits per heavy atom. The van der Waals surface area contributed by atoms with Crippen molar-refractivity contribution in [3.8, 4) is 11.5 Å². The molecular weight excluding hydrogens is 246 g/mol. The van der Waals surface area contributed by atoms with Crippen LogP contribution < -0.4 is 14.4 Å². The molecule has 5 nitrogen and oxygen atoms in total. The van der Waals surface area contributed by atoms with Gasteiger partial charge in [0, 0.05) is 12.6 Å². The van der Waals surface area contributed by atoms with E-state index in [2.05, 4.69) is 0 Å². The van der Waals surface area contributed by atoms with Crippen molar-refractivity contribution >= 4 is 11.7 Å². The molecule has 1 fully saturated rings. The molecule has 5 heteroatoms. The summed E-state index contributed by atoms with van der Waals surface area (Å²) in [6.45, 7) is 3.05. The Morgan fingerprint density at radius 2 is 2.16 bits per heavy atom. The van der Waals surface area contributed by atoms with Crippen LogP contribution in [0.3, 0.4) is 0 Å². The second-order valence-corrected chi connectivity index (χ2v) is 4.29. The first-order chi connectivity index (χ1) is 9.21. The molecular formula is C14H19NO4. The van der Waals surface area contributed by atoms with Crippen LogP contribution in [-0.2, 0) is 9.53 Å². The molecule has 0 bridgehead atoms. The Kier molecular flexibility index (Phi) is 4.14. The van der Waals surface area contributed by atoms with Crippen molar-refractivity contribution in [1.29, 1.82) is 0 Å². The van der Waals surface area contributed by atoms with Gasteiger partial charge in [0.15, 0.2) is 0 Å². The number of methoxy groups -OCH3 is 2. The predicted octanol–water partition coefficient (Wildman–Crippen LogP) is 1.85. The summed E-state index contributed by atoms with van der Waals surface area (Å²) in [5.74, 6) is 1.26. The van der Waals surface area contributed by atoms with Crippen LogP contribution in [0.2, 0.25) is 0 Å². The minimum absolute atomic E-state index is 0.174. The Bertz CT molecular complexity index is 461. The highest BCUT2D eigenvalue weighted by atomic mass is 16.5. The monoisotopic (exact) mass is 265 g/mol. The van der Waals surface area contributed by atoms with Gasteiger partial charge in [-0.1, -0.05) is 0 Å². The third kappa shape index (κ3) is 2.59. The van der Waals surface area contributed by atoms with E-state index in [1.165, 1.54) is 0 Å². The third-order valence-electron chi connectivity index (χ3n) is 3.27. The molecule has 0 aliphatic carbocycles. The Balaban J connectivity index is 2.20. The summed E-state index contributed by atoms with van der Waals surface area (Å²) in [6, 6.07) is 5.37. The first-order valence-electron chi connectivity index (χ1n) is 6.36. The molecule has 1 aromatic carbocycles. The average Bonchev–Trinajstić information content (AvgIpc) is 2.38. The lowest BCUT2D eigenvalue weighted by molar-refractivity contribution is -0.146. The number of carbonyl (C=O) groups is 1. The number of ether oxygens (including phenoxy) is 3. The van der Waals surface area contributed by atoms with Crippen LogP contribution in [0, 0.1) is 0 Å². The normalized spacial score (nSPS) is 17.6. The first-order valence-corrected chi connectivity index (χ1v) is 6.36. The van der Waals surface area contributed by atoms with E-state index < -0.39 is 0 Å². The Morgan fingerprint density at radius 1 is 1.37 bits per heavy atom. The zero-order valence-corrected chi connectivity index (χ0v) is 11.5. The number of hydrogen-bond acceptors (Lipinski definition) is 5. The van der Waals surface area contributed by atoms with Crippen LogP contribution in [0.15, 0.2) is 18.2 Å². The van der Waals surface area contributed by atoms with Crippen molar-refractivity contribution in [2.75, 3.05) is 32.3 Å². The molecule has 104 valence electrons. The quantitative estimate of drug-likeness (QED) is 0.760. The molecule has 0 saturated carbocycles. The summed E-state index contributed by atoms with van der Waals surface area (Å²) in [5, 5.41) is 0. The van der Waals surface area contributed by atoms with E-state index >= 15 is 0 Å². The molecule has 2 rings (SSSR count). The molecule has 1 aromatic rings. The van der Waals surface area contributed by atoms with Crippen molar-refractivity contribution in [1.82, 2.24) is 0 Å². The van der Waals surface area contributed by atoms with E-state index in [1.807, 2.05) is 30.0 Å². The predicted molar refractivity (Wildman–Crippen MR) is 71.9 cm³/mol. The molecule has 1 aliphatic rings. The second kappa shape index (κ2) is 5.82. The average molecular weight is 265 g/mol. The number of anilines is 1. The standard InChI is InChI=1S/C14H19NO4/c1-4-19-14(16)12-7-8-15(12)11-6-5-10(17-2)9-13(11)18-3/h5-6,9,12H,4,7-8H2,1-3H3. The van der Waals surface area contributed by atoms with E-state index in [0.29, 0.717) is 12.4 Å². The highest BCUT2D eigenvalue weighted by Crippen LogP contribution is 2.37. The maximum absolute atomic E-state index is 11.8. The third-order valence-corrected chi connectivity index (χ3v) is 3.27. The Labute approximate surface area is 113 Å². The fourth-order valence-electron chi connectivity index (χ4n) is 2.18. The fourth-order valence-corrected chi connectivity index (χ4v) is 2.18. The molecule has 0 radical (unpaired) electrons. The molecule has 1 unspecified atom stereocenters. The zero-order chi connectivity index (χ0) is 13.8. The van der Waals surface area contributed by atoms with Gasteiger partial charge in [0.05, 0.1) is 26.5 Å². The van der Waals surface area contributed by atoms with Crippen LogP contribution in [0.5, 0.6) is 11.5 Å². The van der Waals surface area contributed by atoms with Crippen LogP contribution in [0.4, 0.5) is 5.69 Å². The SMILES string of the molecule is CCOC(=O)C1CCN1c1ccc(OC)cc1OC. The first kappa shape index (κ1) is 13.5. The molecule has 1 saturated heterocycles. The van der Waals surface area contributed by atoms with Gasteiger partial charge in [-0.15, -0.1) is 0 Å². The van der Waals surface area contributed by atoms with Crippen molar-refractivity contribution in [2.24, 2.45) is 0 Å². The van der Waals surface area contributed by atoms with E-state index in [0.717, 1.165) is 24.4 Å². The van der Waals surface area contributed by atoms with E-state index in [-0.39, 0.29) is 12.0 Å². The highest BCUT2D eigenvalue weighted by molar-refractivity contribution is 5.83. The molecule has 0 N–H and O–H groups in total. The molecule has 0 aromatic heterocycles. The minimum atomic E-state index is -0.206. The topological polar surface area (TPSA) is 48.0 Å². The summed E-state index contributed by atoms with van der Waals surface area (Å²) in [7, 11) is 3.22. The maximum atomic E-state index is 11.8. The summed E-state index contributed by atoms with van der Waals surface area (Å²) < 4.78 is 15.6. The van der Waals surface area contributed by atoms with Gasteiger partial charge >= 0.3 is 5.97 Å². The second-order valence-electron chi connectivity index (χ2n) is 4.29. The number of hydrogen-bond donors (Lipinski definition) is 0. The highest BCUT2D eigenvalue weighted by Gasteiger charge is 2.36. The van der Waals surface area contributed by atoms with Crippen LogP contribution in [0.1, 0.15) is 13.3 Å². The summed E-state index contributed by atoms with van der Waals surface area (Å²) >= 11 is 0. The molecule has 1 heterocycles. The lowest BCUT2D eigenvalue weighted by Gasteiger charge is -2.41. The van der Waals surface area contributed by atoms with E-state index in [9.17, 15) is 4.79 Å². The lowest BCUT2D eigenvalue weighted by atomic mass is 10.0. The summed E-state index contributed by atoms with van der Waals surface area (Å²) in [6.07, 6.45) is 0.814. The van der Waals surface area contributed by atoms with Gasteiger partial charge in [0.25, 0.3) is 0 Å². The largest absolute Gasteiger partial charge is 0.497 e. The number of nitrogens with zero attached hydrogens (tertiary/aromatic N) is 1. The zero-order valence-electron chi connectivity index (χ0n) is 11.5. The smallest absolute Gasteiger partial charge is 0.328 e. The number of rotatable bonds is 5. The number of carbonyl (C=O) groups excluding carboxylic acids is 1. The molecule has 1 aliphatic heterocycles. The molecule has 19 heavy (non-hydrogen) atoms. The molecule has 0 amide bonds. The van der Waals surface area contributed by atoms with Gasteiger partial charge in [0.1, 0.15) is 17.5 Å². The minimum Gasteiger partial charge on any atom is -0.497 e. The van der Waals surface area contributed by atoms with Gasteiger partial charge in [-0.05, 0) is 25.5 Å². The Hall–Kier alpha value is -1.91. The van der Waals surface area contributed by atoms with E-state index in [4.69, 9.17) is 14.2 Å². The fraction of sp³-hybridized carbons (Fsp3) is 0.500. The van der Waals surface area contributed by atoms with Gasteiger partial charge in [0.2, 0.25) is 0 Å². The number of benzene rings is 1. The summed E-state index contributed by atoms with van der Waals surface area (Å²) in [5.41, 5.74) is 0.896. The van der Waals surface area contributed by atoms with Gasteiger partial charge in [-0.3, -0.25) is 0 Å². The van der Waals surface area contributed by atoms with Gasteiger partial charge in [-0.2, -0.15) is 0 Å². The van der Waals surface area contributed by atoms with Gasteiger partial charge < -0.3 is 19.1 Å². The maximum Gasteiger partial charge on any atom is 0.328 e. The van der Waals surface area contributed by atoms with Crippen molar-refractivity contribution < 1.29 is 19.0 Å². The number of esters is 1. The van der Waals surface area contributed by atoms with Crippen molar-refractivity contribution in [3.05, 3.63) is 18.2 Å². The molecule has 1 atom stereocenters. The molecule has 0 spiro atoms. The van der Waals surface area contributed by atoms with E-state index in [1.54, 1.807) is 14.2 Å². The van der Waals surface area contributed by atoms with Gasteiger partial charge in [-0.25, -0.2) is 4.79 Å². The summed E-state index contributed by atoms with van der Waals surface area (Å²) in [4.78, 5) is 13.8. The van der Waals surface area contributed by atoms with Crippen molar-refractivity contribution in [3.63, 3.8) is 0 Å². The van der Waals surface area contributed by atoms with Crippen LogP contribution >= 0.6 is 0 Å². The van der Waals surface area contributed by atoms with Crippen LogP contribution in [-0.4, -0.2) is 39.4 Å². The lowest BCUT2D eigenvalue weighted by Crippen LogP contribution is -2.53.